The van der Waals surface area contributed by atoms with Crippen molar-refractivity contribution in [2.75, 3.05) is 65.6 Å². The van der Waals surface area contributed by atoms with Crippen molar-refractivity contribution in [2.45, 2.75) is 26.7 Å². The minimum Gasteiger partial charge on any atom is -0.473 e. The molecule has 3 saturated heterocycles. The van der Waals surface area contributed by atoms with Crippen LogP contribution in [0.25, 0.3) is 11.1 Å². The summed E-state index contributed by atoms with van der Waals surface area (Å²) >= 11 is 6.02. The topological polar surface area (TPSA) is 361 Å². The van der Waals surface area contributed by atoms with Gasteiger partial charge in [-0.1, -0.05) is 53.8 Å². The van der Waals surface area contributed by atoms with E-state index in [2.05, 4.69) is 129 Å². The summed E-state index contributed by atoms with van der Waals surface area (Å²) < 4.78 is 30.5. The average Bonchev–Trinajstić information content (AvgIpc) is 4.18. The lowest BCUT2D eigenvalue weighted by Crippen LogP contribution is -2.39. The number of nitrogens with one attached hydrogen (secondary N) is 6. The first-order valence-electron chi connectivity index (χ1n) is 29.3. The second-order valence-electron chi connectivity index (χ2n) is 16.6. The summed E-state index contributed by atoms with van der Waals surface area (Å²) in [6, 6.07) is 30.4. The highest BCUT2D eigenvalue weighted by Gasteiger charge is 1.95. The molecule has 0 aliphatic carbocycles. The number of thiophene rings is 1. The molecule has 0 atom stereocenters. The summed E-state index contributed by atoms with van der Waals surface area (Å²) in [6.45, 7) is 10.9. The Kier molecular flexibility index (Phi) is 66.3. The molecule has 0 bridgehead atoms. The van der Waals surface area contributed by atoms with Gasteiger partial charge in [-0.2, -0.15) is 25.9 Å². The highest BCUT2D eigenvalue weighted by molar-refractivity contribution is 7.07. The van der Waals surface area contributed by atoms with Gasteiger partial charge >= 0.3 is 0 Å². The molecule has 0 amide bonds. The number of thiazole rings is 1. The molecule has 0 unspecified atom stereocenters. The number of benzene rings is 1. The van der Waals surface area contributed by atoms with E-state index < -0.39 is 0 Å². The molecule has 3 aliphatic heterocycles. The number of H-pyrrole nitrogens is 2. The number of fused-ring (bicyclic) bond motifs is 1. The van der Waals surface area contributed by atoms with Gasteiger partial charge in [0.05, 0.1) is 50.0 Å². The number of morpholine rings is 1. The molecule has 0 spiro atoms. The monoisotopic (exact) mass is 1400 g/mol. The zero-order valence-electron chi connectivity index (χ0n) is 52.8. The van der Waals surface area contributed by atoms with Gasteiger partial charge in [0.1, 0.15) is 29.9 Å². The van der Waals surface area contributed by atoms with E-state index in [1.165, 1.54) is 99.8 Å². The Labute approximate surface area is 581 Å². The van der Waals surface area contributed by atoms with E-state index in [-0.39, 0.29) is 7.43 Å². The third-order valence-electron chi connectivity index (χ3n) is 9.55. The summed E-state index contributed by atoms with van der Waals surface area (Å²) in [7, 11) is 0. The van der Waals surface area contributed by atoms with Crippen LogP contribution in [0.1, 0.15) is 26.7 Å². The van der Waals surface area contributed by atoms with Crippen LogP contribution in [-0.4, -0.2) is 160 Å². The number of rotatable bonds is 0. The third-order valence-corrected chi connectivity index (χ3v) is 11.6. The zero-order chi connectivity index (χ0) is 67.6. The highest BCUT2D eigenvalue weighted by atomic mass is 32.1. The van der Waals surface area contributed by atoms with Crippen LogP contribution in [0.15, 0.2) is 316 Å². The fraction of sp³-hybridized carbons (Fsp3) is 0.215. The second kappa shape index (κ2) is 76.2. The molecule has 6 N–H and O–H groups in total. The lowest BCUT2D eigenvalue weighted by atomic mass is 10.2. The van der Waals surface area contributed by atoms with E-state index in [4.69, 9.17) is 9.15 Å². The molecule has 97 heavy (non-hydrogen) atoms. The van der Waals surface area contributed by atoms with Gasteiger partial charge in [-0.05, 0) is 126 Å². The van der Waals surface area contributed by atoms with Crippen LogP contribution in [0, 0.1) is 0 Å². The molecule has 32 heteroatoms. The molecule has 3 fully saturated rings. The standard InChI is InChI=1S/C7H5NO.C5H11N.C5H5N.C4H10N2.3C4H4N2.C4H9NO.C4H5N.C4H4O.C4H4S.C3H4N2.C3H3NO.C3H3NS.C2H2N2O.2C2H2N2S.CH4/c1-2-4-7-6(3-1)8-5-9-7;2*1-2-4-6-5-3-1;2*1-2-6-4-3-5-1;1-2-5-4-6-3-1;1-2-4-6-5-3-1;1-3-6-4-2-5-1;3*1-2-4-5-3-1;3*1-2-5-3-4-1;2*1-3-2-5-4-1;1-2-5-4-3-1;/h1-5H;6H,1-5H2;1-5H;5-6H,1-4H2;3*1-4H;5H,1-4H2;1-5H;2*1-4H;1-3H,(H,4,5);2*1-3H;3*1-2H;1H4. The van der Waals surface area contributed by atoms with E-state index in [9.17, 15) is 0 Å². The first-order valence-corrected chi connectivity index (χ1v) is 32.9. The number of oxazole rings is 2. The maximum absolute atomic E-state index is 5.01. The molecule has 18 rings (SSSR count). The summed E-state index contributed by atoms with van der Waals surface area (Å²) in [6.07, 6.45) is 48.0. The number of piperidine rings is 1. The van der Waals surface area contributed by atoms with E-state index in [1.807, 2.05) is 125 Å². The number of para-hydroxylation sites is 2. The van der Waals surface area contributed by atoms with Crippen molar-refractivity contribution in [3.63, 3.8) is 0 Å². The molecule has 1 aromatic carbocycles. The van der Waals surface area contributed by atoms with Crippen LogP contribution < -0.4 is 21.3 Å². The lowest BCUT2D eigenvalue weighted by molar-refractivity contribution is 0.109. The number of imidazole rings is 1. The Hall–Kier alpha value is -10.5. The van der Waals surface area contributed by atoms with Gasteiger partial charge in [-0.25, -0.2) is 34.9 Å². The highest BCUT2D eigenvalue weighted by Crippen LogP contribution is 2.09. The first-order chi connectivity index (χ1) is 48.0. The SMILES string of the molecule is C.C1CCNCC1.C1CNCCN1.C1COCCN1.c1c[nH]cn1.c1cc[nH]c1.c1ccc2ocnc2c1.c1ccncc1.c1ccnnc1.c1ccoc1.c1ccsc1.c1cnccn1.c1cncnc1.c1cocn1.c1cscn1.c1csnn1.c1ncon1.c1ncsn1. The smallest absolute Gasteiger partial charge is 0.213 e. The van der Waals surface area contributed by atoms with Crippen LogP contribution in [-0.2, 0) is 4.74 Å². The van der Waals surface area contributed by atoms with Gasteiger partial charge < -0.3 is 53.7 Å². The molecule has 28 nitrogen and oxygen atoms in total. The Morgan fingerprint density at radius 1 is 0.381 bits per heavy atom. The number of pyridine rings is 1. The number of aromatic amines is 2. The van der Waals surface area contributed by atoms with Crippen LogP contribution in [0.4, 0.5) is 0 Å². The summed E-state index contributed by atoms with van der Waals surface area (Å²) in [5.41, 5.74) is 5.23. The number of piperazine rings is 1. The van der Waals surface area contributed by atoms with Crippen LogP contribution >= 0.6 is 45.7 Å². The third kappa shape index (κ3) is 68.1. The van der Waals surface area contributed by atoms with E-state index in [0.29, 0.717) is 0 Å². The molecule has 14 aromatic heterocycles. The average molecular weight is 1400 g/mol. The molecule has 0 radical (unpaired) electrons. The molecule has 15 aromatic rings. The van der Waals surface area contributed by atoms with Crippen molar-refractivity contribution in [3.05, 3.63) is 298 Å². The van der Waals surface area contributed by atoms with Crippen molar-refractivity contribution < 1.29 is 22.5 Å². The molecule has 3 aliphatic rings. The Morgan fingerprint density at radius 2 is 1.05 bits per heavy atom. The molecular formula is C65H85N23O5S4. The van der Waals surface area contributed by atoms with Crippen LogP contribution in [0.5, 0.6) is 0 Å². The Balaban J connectivity index is 0.000000516. The first kappa shape index (κ1) is 84.5. The number of nitrogens with zero attached hydrogens (tertiary/aromatic N) is 17. The number of aromatic nitrogens is 19. The number of furan rings is 1. The summed E-state index contributed by atoms with van der Waals surface area (Å²) in [5, 5.41) is 34.5. The van der Waals surface area contributed by atoms with Crippen LogP contribution in [0.3, 0.4) is 0 Å². The van der Waals surface area contributed by atoms with Gasteiger partial charge in [0.15, 0.2) is 24.7 Å². The summed E-state index contributed by atoms with van der Waals surface area (Å²) in [5.74, 6) is 0. The van der Waals surface area contributed by atoms with Crippen molar-refractivity contribution in [2.24, 2.45) is 0 Å². The van der Waals surface area contributed by atoms with Crippen LogP contribution in [0.2, 0.25) is 0 Å². The zero-order valence-corrected chi connectivity index (χ0v) is 56.0. The summed E-state index contributed by atoms with van der Waals surface area (Å²) in [4.78, 5) is 46.2. The van der Waals surface area contributed by atoms with Crippen molar-refractivity contribution in [3.8, 4) is 0 Å². The number of hydrogen-bond donors (Lipinski definition) is 6. The van der Waals surface area contributed by atoms with Crippen molar-refractivity contribution >= 4 is 56.8 Å². The maximum atomic E-state index is 5.01. The van der Waals surface area contributed by atoms with E-state index in [1.54, 1.807) is 152 Å². The van der Waals surface area contributed by atoms with E-state index >= 15 is 0 Å². The van der Waals surface area contributed by atoms with Crippen molar-refractivity contribution in [1.29, 1.82) is 0 Å². The minimum absolute atomic E-state index is 0. The second-order valence-corrected chi connectivity index (χ2v) is 19.4. The van der Waals surface area contributed by atoms with Gasteiger partial charge in [-0.15, -0.1) is 16.4 Å². The predicted octanol–water partition coefficient (Wildman–Crippen LogP) is 11.9. The predicted molar refractivity (Wildman–Crippen MR) is 382 cm³/mol. The van der Waals surface area contributed by atoms with Gasteiger partial charge in [-0.3, -0.25) is 19.9 Å². The number of hydrogen-bond acceptors (Lipinski definition) is 30. The van der Waals surface area contributed by atoms with E-state index in [0.717, 1.165) is 63.6 Å². The largest absolute Gasteiger partial charge is 0.473 e. The molecule has 17 heterocycles. The Morgan fingerprint density at radius 3 is 1.30 bits per heavy atom. The number of ether oxygens (including phenoxy) is 1. The Bertz CT molecular complexity index is 2560. The van der Waals surface area contributed by atoms with Gasteiger partial charge in [0.2, 0.25) is 6.39 Å². The molecule has 0 saturated carbocycles. The van der Waals surface area contributed by atoms with Gasteiger partial charge in [0, 0.05) is 143 Å². The minimum atomic E-state index is 0. The quantitative estimate of drug-likeness (QED) is 0.0821. The van der Waals surface area contributed by atoms with Gasteiger partial charge in [0.25, 0.3) is 0 Å². The molecule has 514 valence electrons. The fourth-order valence-electron chi connectivity index (χ4n) is 5.50. The lowest BCUT2D eigenvalue weighted by Gasteiger charge is -2.11. The maximum Gasteiger partial charge on any atom is 0.213 e. The normalized spacial score (nSPS) is 11.1. The molecular weight excluding hydrogens is 1310 g/mol. The van der Waals surface area contributed by atoms with Crippen molar-refractivity contribution in [1.82, 2.24) is 115 Å². The fourth-order valence-corrected chi connectivity index (χ4v) is 6.85.